The van der Waals surface area contributed by atoms with Gasteiger partial charge in [0.25, 0.3) is 5.69 Å². The first kappa shape index (κ1) is 21.7. The van der Waals surface area contributed by atoms with E-state index >= 15 is 0 Å². The molecule has 1 heterocycles. The van der Waals surface area contributed by atoms with Crippen molar-refractivity contribution in [3.05, 3.63) is 82.4 Å². The maximum absolute atomic E-state index is 13.0. The van der Waals surface area contributed by atoms with E-state index in [4.69, 9.17) is 12.2 Å². The highest BCUT2D eigenvalue weighted by Gasteiger charge is 2.30. The van der Waals surface area contributed by atoms with Crippen LogP contribution in [0.4, 0.5) is 30.2 Å². The quantitative estimate of drug-likeness (QED) is 0.195. The number of hydrogen-bond donors (Lipinski definition) is 2. The molecule has 0 spiro atoms. The van der Waals surface area contributed by atoms with Crippen LogP contribution in [-0.4, -0.2) is 15.0 Å². The normalized spacial score (nSPS) is 11.3. The predicted molar refractivity (Wildman–Crippen MR) is 123 cm³/mol. The standard InChI is InChI=1S/C21H13F3N4O2S2/c22-21(23,24)13-4-9-18-17(11-13)27-19(32-18)12-2-1-3-15(10-12)26-20(31)25-14-5-7-16(8-6-14)28(29)30/h1-11H,(H2,25,26,31). The Morgan fingerprint density at radius 2 is 1.72 bits per heavy atom. The van der Waals surface area contributed by atoms with Crippen LogP contribution in [-0.2, 0) is 6.18 Å². The van der Waals surface area contributed by atoms with Gasteiger partial charge in [0.05, 0.1) is 20.7 Å². The summed E-state index contributed by atoms with van der Waals surface area (Å²) >= 11 is 6.58. The first-order valence-electron chi connectivity index (χ1n) is 9.10. The van der Waals surface area contributed by atoms with Gasteiger partial charge in [-0.15, -0.1) is 11.3 Å². The molecular formula is C21H13F3N4O2S2. The number of thiocarbonyl (C=S) groups is 1. The molecule has 6 nitrogen and oxygen atoms in total. The molecule has 162 valence electrons. The van der Waals surface area contributed by atoms with Crippen LogP contribution in [0.1, 0.15) is 5.56 Å². The number of nitrogens with zero attached hydrogens (tertiary/aromatic N) is 2. The Balaban J connectivity index is 1.50. The van der Waals surface area contributed by atoms with E-state index in [1.54, 1.807) is 36.4 Å². The number of halogens is 3. The molecule has 32 heavy (non-hydrogen) atoms. The van der Waals surface area contributed by atoms with Crippen molar-refractivity contribution in [2.75, 3.05) is 10.6 Å². The Morgan fingerprint density at radius 3 is 2.41 bits per heavy atom. The third-order valence-corrected chi connectivity index (χ3v) is 5.71. The molecule has 0 bridgehead atoms. The van der Waals surface area contributed by atoms with Crippen LogP contribution in [0.2, 0.25) is 0 Å². The summed E-state index contributed by atoms with van der Waals surface area (Å²) in [4.78, 5) is 14.6. The Morgan fingerprint density at radius 1 is 1.00 bits per heavy atom. The Bertz CT molecular complexity index is 1320. The van der Waals surface area contributed by atoms with Crippen LogP contribution >= 0.6 is 23.6 Å². The minimum Gasteiger partial charge on any atom is -0.332 e. The highest BCUT2D eigenvalue weighted by Crippen LogP contribution is 2.35. The fraction of sp³-hybridized carbons (Fsp3) is 0.0476. The monoisotopic (exact) mass is 474 g/mol. The number of nitro benzene ring substituents is 1. The van der Waals surface area contributed by atoms with E-state index < -0.39 is 16.7 Å². The van der Waals surface area contributed by atoms with Crippen LogP contribution in [0.15, 0.2) is 66.7 Å². The molecule has 4 aromatic rings. The number of thiazole rings is 1. The average molecular weight is 474 g/mol. The van der Waals surface area contributed by atoms with E-state index in [1.807, 2.05) is 0 Å². The second kappa shape index (κ2) is 8.52. The summed E-state index contributed by atoms with van der Waals surface area (Å²) in [5, 5.41) is 17.5. The SMILES string of the molecule is O=[N+]([O-])c1ccc(NC(=S)Nc2cccc(-c3nc4cc(C(F)(F)F)ccc4s3)c2)cc1. The molecule has 0 fully saturated rings. The van der Waals surface area contributed by atoms with Crippen molar-refractivity contribution in [3.63, 3.8) is 0 Å². The number of non-ortho nitro benzene ring substituents is 1. The molecule has 0 aliphatic carbocycles. The van der Waals surface area contributed by atoms with Crippen LogP contribution < -0.4 is 10.6 Å². The fourth-order valence-corrected chi connectivity index (χ4v) is 4.10. The molecule has 0 aliphatic rings. The third kappa shape index (κ3) is 4.84. The summed E-state index contributed by atoms with van der Waals surface area (Å²) in [5.74, 6) is 0. The van der Waals surface area contributed by atoms with E-state index in [2.05, 4.69) is 15.6 Å². The smallest absolute Gasteiger partial charge is 0.332 e. The molecule has 1 aromatic heterocycles. The van der Waals surface area contributed by atoms with Gasteiger partial charge in [-0.2, -0.15) is 13.2 Å². The second-order valence-electron chi connectivity index (χ2n) is 6.66. The van der Waals surface area contributed by atoms with E-state index in [1.165, 1.54) is 29.5 Å². The molecule has 4 rings (SSSR count). The lowest BCUT2D eigenvalue weighted by Crippen LogP contribution is -2.18. The van der Waals surface area contributed by atoms with Gasteiger partial charge in [0.2, 0.25) is 0 Å². The molecule has 0 amide bonds. The zero-order chi connectivity index (χ0) is 22.9. The van der Waals surface area contributed by atoms with Gasteiger partial charge in [0, 0.05) is 29.1 Å². The molecule has 0 radical (unpaired) electrons. The van der Waals surface area contributed by atoms with Gasteiger partial charge in [-0.3, -0.25) is 10.1 Å². The van der Waals surface area contributed by atoms with E-state index in [-0.39, 0.29) is 16.3 Å². The maximum atomic E-state index is 13.0. The van der Waals surface area contributed by atoms with Crippen molar-refractivity contribution in [1.29, 1.82) is 0 Å². The molecule has 0 saturated carbocycles. The summed E-state index contributed by atoms with van der Waals surface area (Å²) in [5.41, 5.74) is 1.48. The number of nitrogens with one attached hydrogen (secondary N) is 2. The summed E-state index contributed by atoms with van der Waals surface area (Å²) in [6, 6.07) is 16.5. The van der Waals surface area contributed by atoms with Gasteiger partial charge in [-0.05, 0) is 54.7 Å². The summed E-state index contributed by atoms with van der Waals surface area (Å²) < 4.78 is 39.5. The lowest BCUT2D eigenvalue weighted by atomic mass is 10.2. The minimum atomic E-state index is -4.42. The number of nitro groups is 1. The molecule has 0 unspecified atom stereocenters. The number of alkyl halides is 3. The van der Waals surface area contributed by atoms with Crippen molar-refractivity contribution < 1.29 is 18.1 Å². The number of benzene rings is 3. The third-order valence-electron chi connectivity index (χ3n) is 4.42. The van der Waals surface area contributed by atoms with Gasteiger partial charge >= 0.3 is 6.18 Å². The summed E-state index contributed by atoms with van der Waals surface area (Å²) in [6.45, 7) is 0. The zero-order valence-electron chi connectivity index (χ0n) is 16.0. The van der Waals surface area contributed by atoms with Crippen LogP contribution in [0.5, 0.6) is 0 Å². The highest BCUT2D eigenvalue weighted by atomic mass is 32.1. The largest absolute Gasteiger partial charge is 0.416 e. The van der Waals surface area contributed by atoms with Crippen molar-refractivity contribution in [2.45, 2.75) is 6.18 Å². The topological polar surface area (TPSA) is 80.1 Å². The predicted octanol–water partition coefficient (Wildman–Crippen LogP) is 6.70. The van der Waals surface area contributed by atoms with E-state index in [0.717, 1.165) is 17.7 Å². The lowest BCUT2D eigenvalue weighted by Gasteiger charge is -2.11. The van der Waals surface area contributed by atoms with Crippen molar-refractivity contribution in [3.8, 4) is 10.6 Å². The van der Waals surface area contributed by atoms with Crippen molar-refractivity contribution in [2.24, 2.45) is 0 Å². The number of anilines is 2. The van der Waals surface area contributed by atoms with Crippen LogP contribution in [0.3, 0.4) is 0 Å². The van der Waals surface area contributed by atoms with Crippen molar-refractivity contribution in [1.82, 2.24) is 4.98 Å². The lowest BCUT2D eigenvalue weighted by molar-refractivity contribution is -0.384. The van der Waals surface area contributed by atoms with Crippen LogP contribution in [0.25, 0.3) is 20.8 Å². The number of hydrogen-bond acceptors (Lipinski definition) is 5. The van der Waals surface area contributed by atoms with E-state index in [9.17, 15) is 23.3 Å². The Labute approximate surface area is 188 Å². The van der Waals surface area contributed by atoms with Gasteiger partial charge in [0.15, 0.2) is 5.11 Å². The Kier molecular flexibility index (Phi) is 5.76. The maximum Gasteiger partial charge on any atom is 0.416 e. The molecule has 0 saturated heterocycles. The van der Waals surface area contributed by atoms with Crippen LogP contribution in [0, 0.1) is 10.1 Å². The molecular weight excluding hydrogens is 461 g/mol. The van der Waals surface area contributed by atoms with Crippen molar-refractivity contribution >= 4 is 55.9 Å². The van der Waals surface area contributed by atoms with Gasteiger partial charge < -0.3 is 10.6 Å². The molecule has 3 aromatic carbocycles. The molecule has 0 aliphatic heterocycles. The molecule has 11 heteroatoms. The number of fused-ring (bicyclic) bond motifs is 1. The van der Waals surface area contributed by atoms with Gasteiger partial charge in [0.1, 0.15) is 5.01 Å². The number of rotatable bonds is 4. The summed E-state index contributed by atoms with van der Waals surface area (Å²) in [6.07, 6.45) is -4.42. The number of aromatic nitrogens is 1. The first-order valence-corrected chi connectivity index (χ1v) is 10.3. The summed E-state index contributed by atoms with van der Waals surface area (Å²) in [7, 11) is 0. The second-order valence-corrected chi connectivity index (χ2v) is 8.10. The fourth-order valence-electron chi connectivity index (χ4n) is 2.92. The first-order chi connectivity index (χ1) is 15.2. The molecule has 0 atom stereocenters. The average Bonchev–Trinajstić information content (AvgIpc) is 3.17. The van der Waals surface area contributed by atoms with E-state index in [0.29, 0.717) is 21.1 Å². The Hall–Kier alpha value is -3.57. The minimum absolute atomic E-state index is 0.0275. The zero-order valence-corrected chi connectivity index (χ0v) is 17.6. The van der Waals surface area contributed by atoms with Gasteiger partial charge in [-0.1, -0.05) is 12.1 Å². The highest BCUT2D eigenvalue weighted by molar-refractivity contribution is 7.80. The molecule has 2 N–H and O–H groups in total. The van der Waals surface area contributed by atoms with Gasteiger partial charge in [-0.25, -0.2) is 4.98 Å².